The molecular weight excluding hydrogens is 477 g/mol. The molecule has 37 heavy (non-hydrogen) atoms. The lowest BCUT2D eigenvalue weighted by atomic mass is 10.1. The Labute approximate surface area is 216 Å². The Kier molecular flexibility index (Phi) is 9.11. The van der Waals surface area contributed by atoms with Crippen molar-refractivity contribution in [2.75, 3.05) is 32.2 Å². The van der Waals surface area contributed by atoms with Gasteiger partial charge in [-0.1, -0.05) is 30.7 Å². The Morgan fingerprint density at radius 2 is 2.03 bits per heavy atom. The number of nitrogens with zero attached hydrogens (tertiary/aromatic N) is 2. The van der Waals surface area contributed by atoms with Crippen LogP contribution in [0, 0.1) is 6.92 Å². The highest BCUT2D eigenvalue weighted by Crippen LogP contribution is 2.26. The smallest absolute Gasteiger partial charge is 0.305 e. The SMILES string of the molecule is COC(=O)CCCCCOC[C@@H]1C[C@H](F)CN1C(=O)Cc1ccc2nc(Nc3ccccc3C)oc2c1. The average Bonchev–Trinajstić information content (AvgIpc) is 3.46. The summed E-state index contributed by atoms with van der Waals surface area (Å²) in [7, 11) is 1.38. The summed E-state index contributed by atoms with van der Waals surface area (Å²) >= 11 is 0. The fourth-order valence-corrected chi connectivity index (χ4v) is 4.53. The quantitative estimate of drug-likeness (QED) is 0.267. The predicted molar refractivity (Wildman–Crippen MR) is 138 cm³/mol. The van der Waals surface area contributed by atoms with Crippen molar-refractivity contribution >= 4 is 34.7 Å². The molecule has 1 amide bonds. The lowest BCUT2D eigenvalue weighted by molar-refractivity contribution is -0.140. The van der Waals surface area contributed by atoms with Gasteiger partial charge in [0.15, 0.2) is 5.58 Å². The monoisotopic (exact) mass is 511 g/mol. The number of halogens is 1. The van der Waals surface area contributed by atoms with Crippen LogP contribution in [0.2, 0.25) is 0 Å². The number of unbranched alkanes of at least 4 members (excludes halogenated alkanes) is 2. The van der Waals surface area contributed by atoms with Gasteiger partial charge in [0.25, 0.3) is 6.01 Å². The Bertz CT molecular complexity index is 1210. The molecule has 198 valence electrons. The molecule has 0 unspecified atom stereocenters. The third kappa shape index (κ3) is 7.29. The third-order valence-corrected chi connectivity index (χ3v) is 6.59. The molecule has 2 heterocycles. The van der Waals surface area contributed by atoms with Crippen LogP contribution in [-0.2, 0) is 25.5 Å². The zero-order chi connectivity index (χ0) is 26.2. The number of alkyl halides is 1. The van der Waals surface area contributed by atoms with E-state index in [1.54, 1.807) is 4.90 Å². The van der Waals surface area contributed by atoms with Gasteiger partial charge in [0.2, 0.25) is 5.91 Å². The number of para-hydroxylation sites is 1. The number of benzene rings is 2. The predicted octanol–water partition coefficient (Wildman–Crippen LogP) is 5.11. The highest BCUT2D eigenvalue weighted by Gasteiger charge is 2.35. The van der Waals surface area contributed by atoms with Crippen LogP contribution in [0.3, 0.4) is 0 Å². The van der Waals surface area contributed by atoms with E-state index >= 15 is 0 Å². The van der Waals surface area contributed by atoms with E-state index in [-0.39, 0.29) is 37.3 Å². The van der Waals surface area contributed by atoms with Gasteiger partial charge in [-0.2, -0.15) is 4.98 Å². The average molecular weight is 512 g/mol. The molecule has 8 nitrogen and oxygen atoms in total. The van der Waals surface area contributed by atoms with E-state index in [4.69, 9.17) is 9.15 Å². The number of amides is 1. The van der Waals surface area contributed by atoms with Crippen molar-refractivity contribution in [3.05, 3.63) is 53.6 Å². The number of ether oxygens (including phenoxy) is 2. The van der Waals surface area contributed by atoms with E-state index in [9.17, 15) is 14.0 Å². The second kappa shape index (κ2) is 12.7. The van der Waals surface area contributed by atoms with Crippen LogP contribution in [0.1, 0.15) is 43.2 Å². The molecule has 0 spiro atoms. The molecule has 1 aromatic heterocycles. The van der Waals surface area contributed by atoms with Gasteiger partial charge in [0.1, 0.15) is 11.7 Å². The van der Waals surface area contributed by atoms with Crippen LogP contribution in [-0.4, -0.2) is 60.8 Å². The van der Waals surface area contributed by atoms with Gasteiger partial charge < -0.3 is 24.1 Å². The summed E-state index contributed by atoms with van der Waals surface area (Å²) in [6.07, 6.45) is 2.17. The van der Waals surface area contributed by atoms with Crippen molar-refractivity contribution in [1.82, 2.24) is 9.88 Å². The maximum atomic E-state index is 14.2. The molecule has 0 saturated carbocycles. The fraction of sp³-hybridized carbons (Fsp3) is 0.464. The van der Waals surface area contributed by atoms with Gasteiger partial charge in [0.05, 0.1) is 32.7 Å². The molecule has 1 fully saturated rings. The Balaban J connectivity index is 1.29. The Morgan fingerprint density at radius 3 is 2.84 bits per heavy atom. The number of nitrogens with one attached hydrogen (secondary N) is 1. The zero-order valence-corrected chi connectivity index (χ0v) is 21.4. The number of likely N-dealkylation sites (tertiary alicyclic amines) is 1. The second-order valence-corrected chi connectivity index (χ2v) is 9.43. The van der Waals surface area contributed by atoms with Gasteiger partial charge in [-0.25, -0.2) is 4.39 Å². The number of hydrogen-bond acceptors (Lipinski definition) is 7. The molecule has 2 aromatic carbocycles. The largest absolute Gasteiger partial charge is 0.469 e. The van der Waals surface area contributed by atoms with E-state index in [1.807, 2.05) is 49.4 Å². The Morgan fingerprint density at radius 1 is 1.19 bits per heavy atom. The molecule has 0 aliphatic carbocycles. The summed E-state index contributed by atoms with van der Waals surface area (Å²) < 4.78 is 30.4. The summed E-state index contributed by atoms with van der Waals surface area (Å²) in [6, 6.07) is 13.4. The minimum atomic E-state index is -1.05. The number of esters is 1. The first-order valence-electron chi connectivity index (χ1n) is 12.7. The summed E-state index contributed by atoms with van der Waals surface area (Å²) in [5.41, 5.74) is 4.04. The second-order valence-electron chi connectivity index (χ2n) is 9.43. The molecule has 1 aliphatic rings. The number of rotatable bonds is 12. The van der Waals surface area contributed by atoms with Crippen LogP contribution in [0.25, 0.3) is 11.1 Å². The molecule has 2 atom stereocenters. The maximum absolute atomic E-state index is 14.2. The number of methoxy groups -OCH3 is 1. The van der Waals surface area contributed by atoms with Gasteiger partial charge in [-0.15, -0.1) is 0 Å². The Hall–Kier alpha value is -3.46. The van der Waals surface area contributed by atoms with Crippen LogP contribution in [0.5, 0.6) is 0 Å². The molecule has 0 radical (unpaired) electrons. The molecule has 1 aliphatic heterocycles. The number of anilines is 2. The van der Waals surface area contributed by atoms with Gasteiger partial charge in [-0.05, 0) is 49.1 Å². The number of aromatic nitrogens is 1. The van der Waals surface area contributed by atoms with E-state index in [2.05, 4.69) is 15.0 Å². The van der Waals surface area contributed by atoms with Crippen molar-refractivity contribution in [1.29, 1.82) is 0 Å². The summed E-state index contributed by atoms with van der Waals surface area (Å²) in [6.45, 7) is 2.90. The van der Waals surface area contributed by atoms with Crippen LogP contribution < -0.4 is 5.32 Å². The normalized spacial score (nSPS) is 17.3. The molecule has 9 heteroatoms. The van der Waals surface area contributed by atoms with Crippen LogP contribution in [0.4, 0.5) is 16.1 Å². The summed E-state index contributed by atoms with van der Waals surface area (Å²) in [5, 5.41) is 3.19. The van der Waals surface area contributed by atoms with Gasteiger partial charge in [-0.3, -0.25) is 9.59 Å². The summed E-state index contributed by atoms with van der Waals surface area (Å²) in [5.74, 6) is -0.346. The molecule has 1 N–H and O–H groups in total. The lowest BCUT2D eigenvalue weighted by Gasteiger charge is -2.24. The number of carbonyl (C=O) groups excluding carboxylic acids is 2. The van der Waals surface area contributed by atoms with Crippen molar-refractivity contribution in [2.45, 2.75) is 57.7 Å². The number of oxazole rings is 1. The highest BCUT2D eigenvalue weighted by atomic mass is 19.1. The summed E-state index contributed by atoms with van der Waals surface area (Å²) in [4.78, 5) is 30.3. The third-order valence-electron chi connectivity index (χ3n) is 6.59. The van der Waals surface area contributed by atoms with E-state index in [0.29, 0.717) is 36.7 Å². The van der Waals surface area contributed by atoms with Gasteiger partial charge >= 0.3 is 5.97 Å². The van der Waals surface area contributed by atoms with Crippen LogP contribution in [0.15, 0.2) is 46.9 Å². The molecular formula is C28H34FN3O5. The lowest BCUT2D eigenvalue weighted by Crippen LogP contribution is -2.39. The number of fused-ring (bicyclic) bond motifs is 1. The molecule has 4 rings (SSSR count). The number of hydrogen-bond donors (Lipinski definition) is 1. The number of carbonyl (C=O) groups is 2. The van der Waals surface area contributed by atoms with Gasteiger partial charge in [0, 0.05) is 25.1 Å². The topological polar surface area (TPSA) is 93.9 Å². The first-order valence-corrected chi connectivity index (χ1v) is 12.7. The van der Waals surface area contributed by atoms with E-state index in [0.717, 1.165) is 36.1 Å². The minimum Gasteiger partial charge on any atom is -0.469 e. The maximum Gasteiger partial charge on any atom is 0.305 e. The minimum absolute atomic E-state index is 0.0844. The van der Waals surface area contributed by atoms with Crippen molar-refractivity contribution in [3.8, 4) is 0 Å². The van der Waals surface area contributed by atoms with Crippen molar-refractivity contribution < 1.29 is 27.9 Å². The standard InChI is InChI=1S/C28H34FN3O5/c1-19-8-5-6-9-23(19)30-28-31-24-12-11-20(14-25(24)37-28)15-26(33)32-17-21(29)16-22(32)18-36-13-7-3-4-10-27(34)35-2/h5-6,8-9,11-12,14,21-22H,3-4,7,10,13,15-18H2,1-2H3,(H,30,31)/t21-,22-/m0/s1. The molecule has 3 aromatic rings. The van der Waals surface area contributed by atoms with Crippen molar-refractivity contribution in [3.63, 3.8) is 0 Å². The molecule has 0 bridgehead atoms. The zero-order valence-electron chi connectivity index (χ0n) is 21.4. The number of aryl methyl sites for hydroxylation is 1. The molecule has 1 saturated heterocycles. The first-order chi connectivity index (χ1) is 17.9. The highest BCUT2D eigenvalue weighted by molar-refractivity contribution is 5.82. The van der Waals surface area contributed by atoms with E-state index in [1.165, 1.54) is 7.11 Å². The fourth-order valence-electron chi connectivity index (χ4n) is 4.53. The first kappa shape index (κ1) is 26.6. The van der Waals surface area contributed by atoms with Crippen molar-refractivity contribution in [2.24, 2.45) is 0 Å². The van der Waals surface area contributed by atoms with Crippen LogP contribution >= 0.6 is 0 Å². The van der Waals surface area contributed by atoms with E-state index < -0.39 is 6.17 Å².